The monoisotopic (exact) mass is 191 g/mol. The summed E-state index contributed by atoms with van der Waals surface area (Å²) < 4.78 is 5.28. The predicted octanol–water partition coefficient (Wildman–Crippen LogP) is 1.18. The van der Waals surface area contributed by atoms with E-state index in [0.29, 0.717) is 0 Å². The zero-order valence-corrected chi connectivity index (χ0v) is 8.28. The van der Waals surface area contributed by atoms with E-state index in [1.807, 2.05) is 31.2 Å². The van der Waals surface area contributed by atoms with Gasteiger partial charge in [0.05, 0.1) is 0 Å². The highest BCUT2D eigenvalue weighted by molar-refractivity contribution is 5.83. The van der Waals surface area contributed by atoms with Crippen LogP contribution in [0.15, 0.2) is 24.3 Å². The number of amides is 1. The van der Waals surface area contributed by atoms with E-state index in [0.717, 1.165) is 5.56 Å². The van der Waals surface area contributed by atoms with Gasteiger partial charge in [-0.05, 0) is 12.5 Å². The van der Waals surface area contributed by atoms with Crippen LogP contribution in [0.5, 0.6) is 0 Å². The van der Waals surface area contributed by atoms with E-state index in [9.17, 15) is 4.79 Å². The van der Waals surface area contributed by atoms with Crippen molar-refractivity contribution >= 4 is 5.91 Å². The number of likely N-dealkylation sites (N-methyl/N-ethyl adjacent to an activating group) is 1. The standard InChI is InChI=1S/C11H13NO2/c1-7-3-5-8(6-4-7)9-10(14-9)11(13)12-2/h3-6,9-10H,1-2H3,(H,12,13)/t9-,10+/m1/s1. The first kappa shape index (κ1) is 9.21. The fourth-order valence-corrected chi connectivity index (χ4v) is 1.46. The van der Waals surface area contributed by atoms with Crippen molar-refractivity contribution in [3.05, 3.63) is 35.4 Å². The molecule has 0 saturated carbocycles. The summed E-state index contributed by atoms with van der Waals surface area (Å²) in [7, 11) is 1.62. The first-order valence-electron chi connectivity index (χ1n) is 4.66. The molecule has 2 rings (SSSR count). The second-order valence-corrected chi connectivity index (χ2v) is 3.50. The molecule has 0 unspecified atom stereocenters. The van der Waals surface area contributed by atoms with Crippen LogP contribution in [0.2, 0.25) is 0 Å². The molecule has 1 aromatic rings. The second-order valence-electron chi connectivity index (χ2n) is 3.50. The second kappa shape index (κ2) is 3.42. The predicted molar refractivity (Wildman–Crippen MR) is 52.9 cm³/mol. The van der Waals surface area contributed by atoms with Gasteiger partial charge in [0.2, 0.25) is 0 Å². The van der Waals surface area contributed by atoms with Gasteiger partial charge >= 0.3 is 0 Å². The van der Waals surface area contributed by atoms with E-state index in [1.54, 1.807) is 7.05 Å². The zero-order chi connectivity index (χ0) is 10.1. The number of hydrogen-bond donors (Lipinski definition) is 1. The summed E-state index contributed by atoms with van der Waals surface area (Å²) >= 11 is 0. The van der Waals surface area contributed by atoms with E-state index in [1.165, 1.54) is 5.56 Å². The molecule has 2 atom stereocenters. The summed E-state index contributed by atoms with van der Waals surface area (Å²) in [5.41, 5.74) is 2.29. The molecule has 0 aromatic heterocycles. The first-order valence-corrected chi connectivity index (χ1v) is 4.66. The van der Waals surface area contributed by atoms with Crippen LogP contribution in [0.4, 0.5) is 0 Å². The molecule has 3 nitrogen and oxygen atoms in total. The number of nitrogens with one attached hydrogen (secondary N) is 1. The molecule has 1 N–H and O–H groups in total. The molecule has 14 heavy (non-hydrogen) atoms. The van der Waals surface area contributed by atoms with E-state index in [-0.39, 0.29) is 18.1 Å². The number of benzene rings is 1. The highest BCUT2D eigenvalue weighted by Gasteiger charge is 2.45. The third kappa shape index (κ3) is 1.63. The van der Waals surface area contributed by atoms with Crippen molar-refractivity contribution < 1.29 is 9.53 Å². The average molecular weight is 191 g/mol. The molecule has 1 aliphatic heterocycles. The molecular formula is C11H13NO2. The van der Waals surface area contributed by atoms with Gasteiger partial charge in [-0.25, -0.2) is 0 Å². The highest BCUT2D eigenvalue weighted by Crippen LogP contribution is 2.38. The molecule has 74 valence electrons. The Morgan fingerprint density at radius 2 is 2.00 bits per heavy atom. The van der Waals surface area contributed by atoms with Gasteiger partial charge < -0.3 is 10.1 Å². The van der Waals surface area contributed by atoms with Crippen LogP contribution >= 0.6 is 0 Å². The molecule has 1 aliphatic rings. The van der Waals surface area contributed by atoms with Crippen LogP contribution in [0.1, 0.15) is 17.2 Å². The van der Waals surface area contributed by atoms with E-state index < -0.39 is 0 Å². The SMILES string of the molecule is CNC(=O)[C@H]1O[C@@H]1c1ccc(C)cc1. The zero-order valence-electron chi connectivity index (χ0n) is 8.28. The Balaban J connectivity index is 2.06. The quantitative estimate of drug-likeness (QED) is 0.713. The third-order valence-electron chi connectivity index (χ3n) is 2.40. The normalized spacial score (nSPS) is 24.4. The number of aryl methyl sites for hydroxylation is 1. The summed E-state index contributed by atoms with van der Waals surface area (Å²) in [4.78, 5) is 11.2. The molecule has 1 heterocycles. The summed E-state index contributed by atoms with van der Waals surface area (Å²) in [6.07, 6.45) is -0.335. The third-order valence-corrected chi connectivity index (χ3v) is 2.40. The molecule has 3 heteroatoms. The molecule has 1 aromatic carbocycles. The first-order chi connectivity index (χ1) is 6.72. The Morgan fingerprint density at radius 1 is 1.36 bits per heavy atom. The van der Waals surface area contributed by atoms with E-state index in [2.05, 4.69) is 5.32 Å². The number of ether oxygens (including phenoxy) is 1. The van der Waals surface area contributed by atoms with Crippen LogP contribution in [-0.4, -0.2) is 19.1 Å². The molecule has 0 radical (unpaired) electrons. The van der Waals surface area contributed by atoms with Gasteiger partial charge in [-0.15, -0.1) is 0 Å². The smallest absolute Gasteiger partial charge is 0.252 e. The lowest BCUT2D eigenvalue weighted by molar-refractivity contribution is -0.121. The molecule has 0 spiro atoms. The van der Waals surface area contributed by atoms with Crippen LogP contribution in [0.3, 0.4) is 0 Å². The lowest BCUT2D eigenvalue weighted by Crippen LogP contribution is -2.23. The lowest BCUT2D eigenvalue weighted by atomic mass is 10.1. The van der Waals surface area contributed by atoms with E-state index in [4.69, 9.17) is 4.74 Å². The maximum absolute atomic E-state index is 11.2. The van der Waals surface area contributed by atoms with Gasteiger partial charge in [0, 0.05) is 7.05 Å². The van der Waals surface area contributed by atoms with Crippen molar-refractivity contribution in [2.45, 2.75) is 19.1 Å². The van der Waals surface area contributed by atoms with Gasteiger partial charge in [-0.2, -0.15) is 0 Å². The molecule has 0 bridgehead atoms. The van der Waals surface area contributed by atoms with Crippen LogP contribution < -0.4 is 5.32 Å². The van der Waals surface area contributed by atoms with Gasteiger partial charge in [-0.3, -0.25) is 4.79 Å². The Bertz CT molecular complexity index is 345. The summed E-state index contributed by atoms with van der Waals surface area (Å²) in [5.74, 6) is -0.0458. The number of epoxide rings is 1. The Labute approximate surface area is 83.1 Å². The molecule has 1 amide bonds. The van der Waals surface area contributed by atoms with Gasteiger partial charge in [0.25, 0.3) is 5.91 Å². The average Bonchev–Trinajstić information content (AvgIpc) is 2.98. The summed E-state index contributed by atoms with van der Waals surface area (Å²) in [6, 6.07) is 8.06. The van der Waals surface area contributed by atoms with E-state index >= 15 is 0 Å². The number of carbonyl (C=O) groups is 1. The molecular weight excluding hydrogens is 178 g/mol. The van der Waals surface area contributed by atoms with Crippen molar-refractivity contribution in [2.24, 2.45) is 0 Å². The summed E-state index contributed by atoms with van der Waals surface area (Å²) in [6.45, 7) is 2.04. The maximum Gasteiger partial charge on any atom is 0.252 e. The van der Waals surface area contributed by atoms with Crippen molar-refractivity contribution in [2.75, 3.05) is 7.05 Å². The van der Waals surface area contributed by atoms with Gasteiger partial charge in [-0.1, -0.05) is 29.8 Å². The van der Waals surface area contributed by atoms with Crippen molar-refractivity contribution in [3.8, 4) is 0 Å². The van der Waals surface area contributed by atoms with Crippen LogP contribution in [-0.2, 0) is 9.53 Å². The molecule has 1 saturated heterocycles. The van der Waals surface area contributed by atoms with Crippen LogP contribution in [0.25, 0.3) is 0 Å². The van der Waals surface area contributed by atoms with Gasteiger partial charge in [0.15, 0.2) is 6.10 Å². The van der Waals surface area contributed by atoms with Crippen molar-refractivity contribution in [3.63, 3.8) is 0 Å². The fraction of sp³-hybridized carbons (Fsp3) is 0.364. The largest absolute Gasteiger partial charge is 0.357 e. The topological polar surface area (TPSA) is 41.6 Å². The van der Waals surface area contributed by atoms with Crippen LogP contribution in [0, 0.1) is 6.92 Å². The number of carbonyl (C=O) groups excluding carboxylic acids is 1. The minimum absolute atomic E-state index is 0.0458. The maximum atomic E-state index is 11.2. The molecule has 0 aliphatic carbocycles. The molecule has 1 fully saturated rings. The Kier molecular flexibility index (Phi) is 2.25. The number of rotatable bonds is 2. The Morgan fingerprint density at radius 3 is 2.57 bits per heavy atom. The highest BCUT2D eigenvalue weighted by atomic mass is 16.6. The minimum Gasteiger partial charge on any atom is -0.357 e. The Hall–Kier alpha value is -1.35. The summed E-state index contributed by atoms with van der Waals surface area (Å²) in [5, 5.41) is 2.57. The van der Waals surface area contributed by atoms with Gasteiger partial charge in [0.1, 0.15) is 6.10 Å². The fourth-order valence-electron chi connectivity index (χ4n) is 1.46. The lowest BCUT2D eigenvalue weighted by Gasteiger charge is -1.96. The van der Waals surface area contributed by atoms with Crippen molar-refractivity contribution in [1.29, 1.82) is 0 Å². The minimum atomic E-state index is -0.289. The van der Waals surface area contributed by atoms with Crippen molar-refractivity contribution in [1.82, 2.24) is 5.32 Å². The number of hydrogen-bond acceptors (Lipinski definition) is 2.